The Morgan fingerprint density at radius 3 is 2.20 bits per heavy atom. The summed E-state index contributed by atoms with van der Waals surface area (Å²) in [5.74, 6) is 0. The number of rotatable bonds is 1. The molecule has 0 N–H and O–H groups in total. The van der Waals surface area contributed by atoms with E-state index in [9.17, 15) is 0 Å². The minimum Gasteiger partial charge on any atom is -0.399 e. The minimum atomic E-state index is -0.302. The normalized spacial score (nSPS) is 20.6. The molecule has 2 aromatic rings. The van der Waals surface area contributed by atoms with Crippen LogP contribution >= 0.6 is 0 Å². The fraction of sp³-hybridized carbons (Fsp3) is 0.412. The zero-order valence-corrected chi connectivity index (χ0v) is 12.9. The molecule has 0 saturated carbocycles. The van der Waals surface area contributed by atoms with Crippen molar-refractivity contribution < 1.29 is 9.31 Å². The van der Waals surface area contributed by atoms with Gasteiger partial charge in [-0.1, -0.05) is 42.0 Å². The van der Waals surface area contributed by atoms with Crippen LogP contribution in [0.25, 0.3) is 10.8 Å². The monoisotopic (exact) mass is 268 g/mol. The van der Waals surface area contributed by atoms with Gasteiger partial charge in [0.05, 0.1) is 11.2 Å². The molecule has 0 spiro atoms. The molecular weight excluding hydrogens is 247 g/mol. The second kappa shape index (κ2) is 4.34. The lowest BCUT2D eigenvalue weighted by Gasteiger charge is -2.32. The number of aryl methyl sites for hydroxylation is 1. The molecule has 0 atom stereocenters. The van der Waals surface area contributed by atoms with Crippen molar-refractivity contribution in [3.63, 3.8) is 0 Å². The SMILES string of the molecule is Cc1ccc2cccc(B3OC(C)(C)C(C)(C)O3)c2c1. The highest BCUT2D eigenvalue weighted by molar-refractivity contribution is 6.65. The van der Waals surface area contributed by atoms with Crippen molar-refractivity contribution in [2.75, 3.05) is 0 Å². The van der Waals surface area contributed by atoms with E-state index in [0.29, 0.717) is 0 Å². The third-order valence-electron chi connectivity index (χ3n) is 4.58. The van der Waals surface area contributed by atoms with Crippen LogP contribution in [0, 0.1) is 6.92 Å². The van der Waals surface area contributed by atoms with Gasteiger partial charge in [-0.2, -0.15) is 0 Å². The highest BCUT2D eigenvalue weighted by atomic mass is 16.7. The number of fused-ring (bicyclic) bond motifs is 1. The molecule has 1 aliphatic heterocycles. The Morgan fingerprint density at radius 1 is 0.900 bits per heavy atom. The van der Waals surface area contributed by atoms with Crippen LogP contribution in [0.2, 0.25) is 0 Å². The van der Waals surface area contributed by atoms with Crippen molar-refractivity contribution in [3.05, 3.63) is 42.0 Å². The maximum Gasteiger partial charge on any atom is 0.495 e. The van der Waals surface area contributed by atoms with Gasteiger partial charge in [0, 0.05) is 0 Å². The first-order valence-corrected chi connectivity index (χ1v) is 7.15. The number of benzene rings is 2. The van der Waals surface area contributed by atoms with Crippen molar-refractivity contribution in [2.45, 2.75) is 45.8 Å². The Kier molecular flexibility index (Phi) is 2.96. The highest BCUT2D eigenvalue weighted by Gasteiger charge is 2.52. The van der Waals surface area contributed by atoms with E-state index in [1.807, 2.05) is 0 Å². The standard InChI is InChI=1S/C17H21BO2/c1-12-9-10-13-7-6-8-15(14(13)11-12)18-19-16(2,3)17(4,5)20-18/h6-11H,1-5H3. The molecule has 1 heterocycles. The van der Waals surface area contributed by atoms with Gasteiger partial charge in [-0.05, 0) is 50.9 Å². The molecule has 1 aliphatic rings. The molecule has 0 bridgehead atoms. The molecule has 0 aromatic heterocycles. The summed E-state index contributed by atoms with van der Waals surface area (Å²) in [6, 6.07) is 12.8. The molecule has 0 aliphatic carbocycles. The first-order chi connectivity index (χ1) is 9.30. The highest BCUT2D eigenvalue weighted by Crippen LogP contribution is 2.37. The van der Waals surface area contributed by atoms with Crippen LogP contribution in [-0.4, -0.2) is 18.3 Å². The lowest BCUT2D eigenvalue weighted by molar-refractivity contribution is 0.00578. The van der Waals surface area contributed by atoms with E-state index in [1.165, 1.54) is 16.3 Å². The average molecular weight is 268 g/mol. The van der Waals surface area contributed by atoms with E-state index >= 15 is 0 Å². The maximum atomic E-state index is 6.18. The minimum absolute atomic E-state index is 0.300. The largest absolute Gasteiger partial charge is 0.495 e. The van der Waals surface area contributed by atoms with Crippen LogP contribution in [0.1, 0.15) is 33.3 Å². The summed E-state index contributed by atoms with van der Waals surface area (Å²) in [6.07, 6.45) is 0. The van der Waals surface area contributed by atoms with Crippen molar-refractivity contribution >= 4 is 23.4 Å². The van der Waals surface area contributed by atoms with E-state index in [1.54, 1.807) is 0 Å². The average Bonchev–Trinajstić information content (AvgIpc) is 2.57. The van der Waals surface area contributed by atoms with Crippen molar-refractivity contribution in [2.24, 2.45) is 0 Å². The van der Waals surface area contributed by atoms with Crippen LogP contribution in [0.15, 0.2) is 36.4 Å². The molecule has 1 saturated heterocycles. The summed E-state index contributed by atoms with van der Waals surface area (Å²) in [5.41, 5.74) is 1.76. The molecule has 3 rings (SSSR count). The molecule has 2 nitrogen and oxygen atoms in total. The summed E-state index contributed by atoms with van der Waals surface area (Å²) >= 11 is 0. The van der Waals surface area contributed by atoms with Gasteiger partial charge in [0.15, 0.2) is 0 Å². The molecule has 2 aromatic carbocycles. The van der Waals surface area contributed by atoms with Gasteiger partial charge >= 0.3 is 7.12 Å². The van der Waals surface area contributed by atoms with Crippen molar-refractivity contribution in [1.82, 2.24) is 0 Å². The van der Waals surface area contributed by atoms with Crippen LogP contribution in [-0.2, 0) is 9.31 Å². The Hall–Kier alpha value is -1.32. The Balaban J connectivity index is 2.10. The summed E-state index contributed by atoms with van der Waals surface area (Å²) in [6.45, 7) is 10.5. The van der Waals surface area contributed by atoms with E-state index in [0.717, 1.165) is 5.46 Å². The molecule has 0 unspecified atom stereocenters. The van der Waals surface area contributed by atoms with E-state index in [4.69, 9.17) is 9.31 Å². The zero-order valence-electron chi connectivity index (χ0n) is 12.9. The van der Waals surface area contributed by atoms with Gasteiger partial charge in [0.1, 0.15) is 0 Å². The summed E-state index contributed by atoms with van der Waals surface area (Å²) in [7, 11) is -0.300. The summed E-state index contributed by atoms with van der Waals surface area (Å²) < 4.78 is 12.4. The third-order valence-corrected chi connectivity index (χ3v) is 4.58. The predicted molar refractivity (Wildman–Crippen MR) is 84.4 cm³/mol. The molecule has 1 fully saturated rings. The first-order valence-electron chi connectivity index (χ1n) is 7.15. The third kappa shape index (κ3) is 2.06. The fourth-order valence-corrected chi connectivity index (χ4v) is 2.59. The van der Waals surface area contributed by atoms with Crippen LogP contribution in [0.5, 0.6) is 0 Å². The van der Waals surface area contributed by atoms with Gasteiger partial charge in [-0.15, -0.1) is 0 Å². The lowest BCUT2D eigenvalue weighted by atomic mass is 9.76. The van der Waals surface area contributed by atoms with Crippen LogP contribution in [0.3, 0.4) is 0 Å². The van der Waals surface area contributed by atoms with Crippen molar-refractivity contribution in [3.8, 4) is 0 Å². The number of hydrogen-bond acceptors (Lipinski definition) is 2. The first kappa shape index (κ1) is 13.7. The summed E-state index contributed by atoms with van der Waals surface area (Å²) in [5, 5.41) is 2.44. The topological polar surface area (TPSA) is 18.5 Å². The molecule has 20 heavy (non-hydrogen) atoms. The zero-order chi connectivity index (χ0) is 14.5. The summed E-state index contributed by atoms with van der Waals surface area (Å²) in [4.78, 5) is 0. The molecule has 104 valence electrons. The van der Waals surface area contributed by atoms with Crippen LogP contribution in [0.4, 0.5) is 0 Å². The van der Waals surface area contributed by atoms with Crippen molar-refractivity contribution in [1.29, 1.82) is 0 Å². The van der Waals surface area contributed by atoms with Gasteiger partial charge in [-0.3, -0.25) is 0 Å². The van der Waals surface area contributed by atoms with E-state index in [2.05, 4.69) is 71.0 Å². The Labute approximate surface area is 121 Å². The van der Waals surface area contributed by atoms with Gasteiger partial charge < -0.3 is 9.31 Å². The molecular formula is C17H21BO2. The quantitative estimate of drug-likeness (QED) is 0.737. The molecule has 3 heteroatoms. The Bertz CT molecular complexity index is 645. The van der Waals surface area contributed by atoms with E-state index in [-0.39, 0.29) is 18.3 Å². The van der Waals surface area contributed by atoms with E-state index < -0.39 is 0 Å². The lowest BCUT2D eigenvalue weighted by Crippen LogP contribution is -2.41. The second-order valence-electron chi connectivity index (χ2n) is 6.66. The van der Waals surface area contributed by atoms with Gasteiger partial charge in [-0.25, -0.2) is 0 Å². The smallest absolute Gasteiger partial charge is 0.399 e. The fourth-order valence-electron chi connectivity index (χ4n) is 2.59. The number of hydrogen-bond donors (Lipinski definition) is 0. The second-order valence-corrected chi connectivity index (χ2v) is 6.66. The molecule has 0 radical (unpaired) electrons. The van der Waals surface area contributed by atoms with Gasteiger partial charge in [0.25, 0.3) is 0 Å². The Morgan fingerprint density at radius 2 is 1.55 bits per heavy atom. The predicted octanol–water partition coefficient (Wildman–Crippen LogP) is 3.45. The maximum absolute atomic E-state index is 6.18. The molecule has 0 amide bonds. The van der Waals surface area contributed by atoms with Gasteiger partial charge in [0.2, 0.25) is 0 Å². The van der Waals surface area contributed by atoms with Crippen LogP contribution < -0.4 is 5.46 Å².